The second-order valence-electron chi connectivity index (χ2n) is 13.0. The molecule has 0 aromatic rings. The first kappa shape index (κ1) is 36.5. The molecule has 1 aliphatic heterocycles. The fraction of sp³-hybridized carbons (Fsp3) is 0.972. The van der Waals surface area contributed by atoms with Crippen LogP contribution in [-0.2, 0) is 9.53 Å². The summed E-state index contributed by atoms with van der Waals surface area (Å²) < 4.78 is 5.59. The summed E-state index contributed by atoms with van der Waals surface area (Å²) in [7, 11) is 0. The lowest BCUT2D eigenvalue weighted by molar-refractivity contribution is -0.151. The second-order valence-corrected chi connectivity index (χ2v) is 13.0. The summed E-state index contributed by atoms with van der Waals surface area (Å²) in [5, 5.41) is 10.2. The number of hydrogen-bond donors (Lipinski definition) is 1. The predicted molar refractivity (Wildman–Crippen MR) is 170 cm³/mol. The highest BCUT2D eigenvalue weighted by atomic mass is 16.6. The lowest BCUT2D eigenvalue weighted by atomic mass is 9.75. The van der Waals surface area contributed by atoms with Gasteiger partial charge in [0, 0.05) is 0 Å². The maximum absolute atomic E-state index is 12.4. The van der Waals surface area contributed by atoms with Gasteiger partial charge in [-0.05, 0) is 12.8 Å². The molecule has 1 atom stereocenters. The van der Waals surface area contributed by atoms with E-state index in [2.05, 4.69) is 13.8 Å². The van der Waals surface area contributed by atoms with E-state index in [1.54, 1.807) is 0 Å². The molecule has 0 aliphatic carbocycles. The van der Waals surface area contributed by atoms with Crippen LogP contribution < -0.4 is 0 Å². The molecule has 0 amide bonds. The molecule has 0 radical (unpaired) electrons. The third kappa shape index (κ3) is 20.0. The number of aliphatic carboxylic acids is 1. The van der Waals surface area contributed by atoms with Gasteiger partial charge < -0.3 is 9.84 Å². The first-order chi connectivity index (χ1) is 19.2. The maximum Gasteiger partial charge on any atom is 0.312 e. The summed E-state index contributed by atoms with van der Waals surface area (Å²) in [6, 6.07) is 0. The van der Waals surface area contributed by atoms with E-state index in [9.17, 15) is 9.90 Å². The zero-order chi connectivity index (χ0) is 28.3. The average molecular weight is 551 g/mol. The molecule has 1 aliphatic rings. The Balaban J connectivity index is 2.02. The lowest BCUT2D eigenvalue weighted by Crippen LogP contribution is -2.36. The van der Waals surface area contributed by atoms with Crippen LogP contribution in [0.5, 0.6) is 0 Å². The van der Waals surface area contributed by atoms with E-state index in [1.807, 2.05) is 0 Å². The Morgan fingerprint density at radius 3 is 0.949 bits per heavy atom. The number of carbonyl (C=O) groups is 1. The molecule has 0 bridgehead atoms. The van der Waals surface area contributed by atoms with Gasteiger partial charge in [0.15, 0.2) is 0 Å². The topological polar surface area (TPSA) is 49.8 Å². The Bertz CT molecular complexity index is 495. The van der Waals surface area contributed by atoms with Crippen molar-refractivity contribution >= 4 is 5.97 Å². The van der Waals surface area contributed by atoms with Gasteiger partial charge in [-0.25, -0.2) is 0 Å². The quantitative estimate of drug-likeness (QED) is 0.0669. The number of rotatable bonds is 32. The van der Waals surface area contributed by atoms with Crippen LogP contribution in [0.25, 0.3) is 0 Å². The summed E-state index contributed by atoms with van der Waals surface area (Å²) in [5.41, 5.74) is -0.617. The van der Waals surface area contributed by atoms with E-state index in [4.69, 9.17) is 4.74 Å². The van der Waals surface area contributed by atoms with E-state index < -0.39 is 11.4 Å². The molecule has 1 unspecified atom stereocenters. The van der Waals surface area contributed by atoms with Crippen molar-refractivity contribution in [1.29, 1.82) is 0 Å². The molecule has 232 valence electrons. The van der Waals surface area contributed by atoms with E-state index in [0.29, 0.717) is 6.61 Å². The first-order valence-corrected chi connectivity index (χ1v) is 18.0. The van der Waals surface area contributed by atoms with Gasteiger partial charge >= 0.3 is 5.97 Å². The van der Waals surface area contributed by atoms with Crippen molar-refractivity contribution in [2.75, 3.05) is 6.61 Å². The van der Waals surface area contributed by atoms with Gasteiger partial charge in [0.2, 0.25) is 0 Å². The minimum absolute atomic E-state index is 0.0288. The fourth-order valence-corrected chi connectivity index (χ4v) is 6.44. The SMILES string of the molecule is CCCCCCCCCCCCCCCCC(CCCCCCCCCCCCCCCC)(C(=O)O)C1CO1. The molecule has 1 saturated heterocycles. The van der Waals surface area contributed by atoms with Crippen LogP contribution in [-0.4, -0.2) is 23.8 Å². The molecule has 0 aromatic heterocycles. The third-order valence-corrected chi connectivity index (χ3v) is 9.33. The minimum Gasteiger partial charge on any atom is -0.481 e. The summed E-state index contributed by atoms with van der Waals surface area (Å²) in [4.78, 5) is 12.4. The standard InChI is InChI=1S/C36H70O3/c1-3-5-7-9-11-13-15-17-19-21-23-25-27-29-31-36(35(37)38,34-33-39-34)32-30-28-26-24-22-20-18-16-14-12-10-8-6-4-2/h34H,3-33H2,1-2H3,(H,37,38). The molecule has 1 rings (SSSR count). The van der Waals surface area contributed by atoms with Crippen LogP contribution in [0.3, 0.4) is 0 Å². The van der Waals surface area contributed by atoms with Gasteiger partial charge in [0.1, 0.15) is 0 Å². The normalized spacial score (nSPS) is 15.2. The molecule has 1 heterocycles. The van der Waals surface area contributed by atoms with Crippen molar-refractivity contribution in [3.63, 3.8) is 0 Å². The van der Waals surface area contributed by atoms with Crippen LogP contribution >= 0.6 is 0 Å². The summed E-state index contributed by atoms with van der Waals surface area (Å²) >= 11 is 0. The Hall–Kier alpha value is -0.570. The summed E-state index contributed by atoms with van der Waals surface area (Å²) in [6.07, 6.45) is 39.1. The number of hydrogen-bond acceptors (Lipinski definition) is 2. The van der Waals surface area contributed by atoms with Crippen molar-refractivity contribution in [3.05, 3.63) is 0 Å². The molecular weight excluding hydrogens is 480 g/mol. The van der Waals surface area contributed by atoms with Crippen LogP contribution in [0.15, 0.2) is 0 Å². The zero-order valence-electron chi connectivity index (χ0n) is 26.8. The van der Waals surface area contributed by atoms with Crippen molar-refractivity contribution in [3.8, 4) is 0 Å². The maximum atomic E-state index is 12.4. The molecule has 3 nitrogen and oxygen atoms in total. The molecule has 0 aromatic carbocycles. The van der Waals surface area contributed by atoms with Crippen molar-refractivity contribution in [2.24, 2.45) is 5.41 Å². The largest absolute Gasteiger partial charge is 0.481 e. The number of epoxide rings is 1. The van der Waals surface area contributed by atoms with Gasteiger partial charge in [-0.15, -0.1) is 0 Å². The highest BCUT2D eigenvalue weighted by molar-refractivity contribution is 5.76. The van der Waals surface area contributed by atoms with E-state index in [1.165, 1.54) is 167 Å². The highest BCUT2D eigenvalue weighted by Gasteiger charge is 2.51. The van der Waals surface area contributed by atoms with Gasteiger partial charge in [-0.2, -0.15) is 0 Å². The molecule has 0 spiro atoms. The first-order valence-electron chi connectivity index (χ1n) is 18.0. The monoisotopic (exact) mass is 551 g/mol. The summed E-state index contributed by atoms with van der Waals surface area (Å²) in [5.74, 6) is -0.602. The molecule has 1 fully saturated rings. The Labute approximate surface area is 245 Å². The van der Waals surface area contributed by atoms with Crippen LogP contribution in [0, 0.1) is 5.41 Å². The van der Waals surface area contributed by atoms with Gasteiger partial charge in [0.25, 0.3) is 0 Å². The number of unbranched alkanes of at least 4 members (excludes halogenated alkanes) is 26. The van der Waals surface area contributed by atoms with Crippen LogP contribution in [0.2, 0.25) is 0 Å². The van der Waals surface area contributed by atoms with Gasteiger partial charge in [0.05, 0.1) is 18.1 Å². The number of ether oxygens (including phenoxy) is 1. The zero-order valence-corrected chi connectivity index (χ0v) is 26.8. The highest BCUT2D eigenvalue weighted by Crippen LogP contribution is 2.43. The third-order valence-electron chi connectivity index (χ3n) is 9.33. The number of carboxylic acid groups (broad SMARTS) is 1. The van der Waals surface area contributed by atoms with E-state index in [0.717, 1.165) is 25.7 Å². The van der Waals surface area contributed by atoms with Crippen LogP contribution in [0.1, 0.15) is 206 Å². The van der Waals surface area contributed by atoms with E-state index in [-0.39, 0.29) is 6.10 Å². The van der Waals surface area contributed by atoms with Gasteiger partial charge in [-0.3, -0.25) is 4.79 Å². The van der Waals surface area contributed by atoms with Crippen molar-refractivity contribution in [1.82, 2.24) is 0 Å². The molecule has 1 N–H and O–H groups in total. The molecule has 39 heavy (non-hydrogen) atoms. The smallest absolute Gasteiger partial charge is 0.312 e. The fourth-order valence-electron chi connectivity index (χ4n) is 6.44. The molecule has 0 saturated carbocycles. The van der Waals surface area contributed by atoms with Gasteiger partial charge in [-0.1, -0.05) is 194 Å². The minimum atomic E-state index is -0.617. The Morgan fingerprint density at radius 2 is 0.744 bits per heavy atom. The predicted octanol–water partition coefficient (Wildman–Crippen LogP) is 12.2. The lowest BCUT2D eigenvalue weighted by Gasteiger charge is -2.28. The van der Waals surface area contributed by atoms with Crippen molar-refractivity contribution in [2.45, 2.75) is 213 Å². The van der Waals surface area contributed by atoms with Crippen LogP contribution in [0.4, 0.5) is 0 Å². The molecular formula is C36H70O3. The Morgan fingerprint density at radius 1 is 0.513 bits per heavy atom. The Kier molecular flexibility index (Phi) is 24.6. The average Bonchev–Trinajstić information content (AvgIpc) is 3.78. The molecule has 3 heteroatoms. The second kappa shape index (κ2) is 26.3. The summed E-state index contributed by atoms with van der Waals surface area (Å²) in [6.45, 7) is 5.22. The number of carboxylic acids is 1. The van der Waals surface area contributed by atoms with Crippen molar-refractivity contribution < 1.29 is 14.6 Å². The van der Waals surface area contributed by atoms with E-state index >= 15 is 0 Å².